The number of benzene rings is 1. The van der Waals surface area contributed by atoms with Crippen LogP contribution in [-0.2, 0) is 58.9 Å². The lowest BCUT2D eigenvalue weighted by Gasteiger charge is -2.43. The average Bonchev–Trinajstić information content (AvgIpc) is 2.86. The summed E-state index contributed by atoms with van der Waals surface area (Å²) in [5.74, 6) is -2.83. The molecule has 0 bridgehead atoms. The van der Waals surface area contributed by atoms with Gasteiger partial charge in [-0.05, 0) is 5.56 Å². The van der Waals surface area contributed by atoms with Gasteiger partial charge >= 0.3 is 30.0 Å². The molecular weight excluding hydrogens is 518 g/mol. The first kappa shape index (κ1) is 31.2. The predicted molar refractivity (Wildman–Crippen MR) is 132 cm³/mol. The zero-order valence-corrected chi connectivity index (χ0v) is 22.2. The molecule has 2 rings (SSSR count). The third kappa shape index (κ3) is 11.5. The molecule has 0 spiro atoms. The van der Waals surface area contributed by atoms with Crippen LogP contribution in [0.2, 0.25) is 0 Å². The van der Waals surface area contributed by atoms with E-state index in [0.717, 1.165) is 26.3 Å². The SMILES string of the molecule is CC(=O)OC[C@H]1O[C@H](OC/C=C/CNC(=O)OCc2ccccc2)[C@H](OC(C)=O)[C@@H](OC(C)=O)[C@H]1OC(C)=O. The summed E-state index contributed by atoms with van der Waals surface area (Å²) in [7, 11) is 0. The van der Waals surface area contributed by atoms with Crippen molar-refractivity contribution in [2.45, 2.75) is 65.0 Å². The number of nitrogens with one attached hydrogen (secondary N) is 1. The molecule has 1 aromatic carbocycles. The van der Waals surface area contributed by atoms with Crippen molar-refractivity contribution >= 4 is 30.0 Å². The minimum atomic E-state index is -1.32. The van der Waals surface area contributed by atoms with E-state index >= 15 is 0 Å². The van der Waals surface area contributed by atoms with Gasteiger partial charge in [-0.1, -0.05) is 42.5 Å². The van der Waals surface area contributed by atoms with Gasteiger partial charge in [-0.3, -0.25) is 19.2 Å². The molecule has 214 valence electrons. The maximum absolute atomic E-state index is 11.8. The molecule has 13 heteroatoms. The third-order valence-corrected chi connectivity index (χ3v) is 5.05. The highest BCUT2D eigenvalue weighted by Crippen LogP contribution is 2.30. The van der Waals surface area contributed by atoms with Gasteiger partial charge in [0.15, 0.2) is 24.6 Å². The molecule has 1 amide bonds. The number of carbonyl (C=O) groups is 5. The molecule has 1 heterocycles. The van der Waals surface area contributed by atoms with Gasteiger partial charge in [-0.15, -0.1) is 0 Å². The number of hydrogen-bond donors (Lipinski definition) is 1. The summed E-state index contributed by atoms with van der Waals surface area (Å²) in [6, 6.07) is 9.20. The smallest absolute Gasteiger partial charge is 0.407 e. The van der Waals surface area contributed by atoms with Crippen LogP contribution < -0.4 is 5.32 Å². The number of hydrogen-bond acceptors (Lipinski definition) is 12. The maximum Gasteiger partial charge on any atom is 0.407 e. The summed E-state index contributed by atoms with van der Waals surface area (Å²) in [5.41, 5.74) is 0.849. The minimum Gasteiger partial charge on any atom is -0.463 e. The minimum absolute atomic E-state index is 0.0749. The first-order chi connectivity index (χ1) is 18.6. The Bertz CT molecular complexity index is 1010. The van der Waals surface area contributed by atoms with Crippen LogP contribution in [0.1, 0.15) is 33.3 Å². The fraction of sp³-hybridized carbons (Fsp3) is 0.500. The molecular formula is C26H33NO12. The fourth-order valence-corrected chi connectivity index (χ4v) is 3.54. The Balaban J connectivity index is 2.02. The summed E-state index contributed by atoms with van der Waals surface area (Å²) in [4.78, 5) is 58.6. The van der Waals surface area contributed by atoms with E-state index in [1.807, 2.05) is 30.3 Å². The third-order valence-electron chi connectivity index (χ3n) is 5.05. The van der Waals surface area contributed by atoms with E-state index in [2.05, 4.69) is 5.32 Å². The van der Waals surface area contributed by atoms with E-state index in [1.165, 1.54) is 6.92 Å². The second-order valence-electron chi connectivity index (χ2n) is 8.32. The van der Waals surface area contributed by atoms with Crippen LogP contribution in [0.4, 0.5) is 4.79 Å². The van der Waals surface area contributed by atoms with E-state index in [4.69, 9.17) is 33.2 Å². The Morgan fingerprint density at radius 1 is 0.795 bits per heavy atom. The molecule has 1 saturated heterocycles. The van der Waals surface area contributed by atoms with Crippen molar-refractivity contribution in [2.24, 2.45) is 0 Å². The van der Waals surface area contributed by atoms with Crippen molar-refractivity contribution in [3.63, 3.8) is 0 Å². The molecule has 0 radical (unpaired) electrons. The lowest BCUT2D eigenvalue weighted by Crippen LogP contribution is -2.62. The van der Waals surface area contributed by atoms with Crippen molar-refractivity contribution in [1.82, 2.24) is 5.32 Å². The van der Waals surface area contributed by atoms with Crippen LogP contribution in [0.3, 0.4) is 0 Å². The molecule has 1 aliphatic heterocycles. The number of ether oxygens (including phenoxy) is 7. The average molecular weight is 552 g/mol. The number of esters is 4. The molecule has 39 heavy (non-hydrogen) atoms. The predicted octanol–water partition coefficient (Wildman–Crippen LogP) is 1.57. The first-order valence-corrected chi connectivity index (χ1v) is 12.1. The van der Waals surface area contributed by atoms with Crippen LogP contribution in [0.25, 0.3) is 0 Å². The van der Waals surface area contributed by atoms with Crippen molar-refractivity contribution in [3.8, 4) is 0 Å². The Labute approximate surface area is 225 Å². The van der Waals surface area contributed by atoms with Crippen LogP contribution in [0, 0.1) is 0 Å². The molecule has 1 fully saturated rings. The van der Waals surface area contributed by atoms with Gasteiger partial charge in [0.1, 0.15) is 19.3 Å². The van der Waals surface area contributed by atoms with Crippen molar-refractivity contribution < 1.29 is 57.1 Å². The van der Waals surface area contributed by atoms with Crippen molar-refractivity contribution in [2.75, 3.05) is 19.8 Å². The van der Waals surface area contributed by atoms with Gasteiger partial charge in [0, 0.05) is 34.2 Å². The van der Waals surface area contributed by atoms with Crippen LogP contribution in [-0.4, -0.2) is 80.4 Å². The molecule has 0 aliphatic carbocycles. The summed E-state index contributed by atoms with van der Waals surface area (Å²) in [6.45, 7) is 4.40. The molecule has 0 aromatic heterocycles. The monoisotopic (exact) mass is 551 g/mol. The molecule has 13 nitrogen and oxygen atoms in total. The second-order valence-corrected chi connectivity index (χ2v) is 8.32. The normalized spacial score (nSPS) is 22.4. The quantitative estimate of drug-likeness (QED) is 0.227. The Hall–Kier alpha value is -3.97. The lowest BCUT2D eigenvalue weighted by atomic mass is 9.98. The van der Waals surface area contributed by atoms with Crippen LogP contribution in [0.15, 0.2) is 42.5 Å². The topological polar surface area (TPSA) is 162 Å². The Morgan fingerprint density at radius 2 is 1.41 bits per heavy atom. The van der Waals surface area contributed by atoms with Crippen molar-refractivity contribution in [3.05, 3.63) is 48.0 Å². The van der Waals surface area contributed by atoms with Crippen molar-refractivity contribution in [1.29, 1.82) is 0 Å². The lowest BCUT2D eigenvalue weighted by molar-refractivity contribution is -0.305. The summed E-state index contributed by atoms with van der Waals surface area (Å²) in [6.07, 6.45) is -3.76. The zero-order valence-electron chi connectivity index (χ0n) is 22.2. The Morgan fingerprint density at radius 3 is 2.03 bits per heavy atom. The number of amides is 1. The maximum atomic E-state index is 11.8. The molecule has 5 atom stereocenters. The second kappa shape index (κ2) is 16.1. The summed E-state index contributed by atoms with van der Waals surface area (Å²) in [5, 5.41) is 2.55. The van der Waals surface area contributed by atoms with Crippen LogP contribution >= 0.6 is 0 Å². The summed E-state index contributed by atoms with van der Waals surface area (Å²) >= 11 is 0. The van der Waals surface area contributed by atoms with E-state index in [1.54, 1.807) is 12.2 Å². The molecule has 1 N–H and O–H groups in total. The molecule has 1 aromatic rings. The van der Waals surface area contributed by atoms with Gasteiger partial charge < -0.3 is 38.5 Å². The van der Waals surface area contributed by atoms with Gasteiger partial charge in [-0.2, -0.15) is 0 Å². The number of carbonyl (C=O) groups excluding carboxylic acids is 5. The Kier molecular flexibility index (Phi) is 12.9. The highest BCUT2D eigenvalue weighted by molar-refractivity contribution is 5.69. The largest absolute Gasteiger partial charge is 0.463 e. The fourth-order valence-electron chi connectivity index (χ4n) is 3.54. The van der Waals surface area contributed by atoms with E-state index in [-0.39, 0.29) is 26.4 Å². The summed E-state index contributed by atoms with van der Waals surface area (Å²) < 4.78 is 37.6. The molecule has 0 saturated carbocycles. The highest BCUT2D eigenvalue weighted by atomic mass is 16.7. The number of rotatable bonds is 12. The molecule has 0 unspecified atom stereocenters. The van der Waals surface area contributed by atoms with E-state index in [9.17, 15) is 24.0 Å². The van der Waals surface area contributed by atoms with Gasteiger partial charge in [0.25, 0.3) is 0 Å². The van der Waals surface area contributed by atoms with E-state index in [0.29, 0.717) is 0 Å². The molecule has 1 aliphatic rings. The van der Waals surface area contributed by atoms with Gasteiger partial charge in [0.05, 0.1) is 6.61 Å². The van der Waals surface area contributed by atoms with Gasteiger partial charge in [0.2, 0.25) is 0 Å². The first-order valence-electron chi connectivity index (χ1n) is 12.1. The number of alkyl carbamates (subject to hydrolysis) is 1. The van der Waals surface area contributed by atoms with Crippen LogP contribution in [0.5, 0.6) is 0 Å². The standard InChI is InChI=1S/C26H33NO12/c1-16(28)34-15-21-22(36-17(2)29)23(37-18(3)30)24(38-19(4)31)25(39-21)33-13-9-8-12-27-26(32)35-14-20-10-6-5-7-11-20/h5-11,21-25H,12-15H2,1-4H3,(H,27,32)/b9-8+/t21-,22+,23+,24-,25+/m1/s1. The zero-order chi connectivity index (χ0) is 28.8. The van der Waals surface area contributed by atoms with E-state index < -0.39 is 60.7 Å². The highest BCUT2D eigenvalue weighted by Gasteiger charge is 2.52. The van der Waals surface area contributed by atoms with Gasteiger partial charge in [-0.25, -0.2) is 4.79 Å².